The smallest absolute Gasteiger partial charge is 0.244 e. The summed E-state index contributed by atoms with van der Waals surface area (Å²) in [5.41, 5.74) is -0.490. The molecule has 0 aliphatic rings. The van der Waals surface area contributed by atoms with Crippen LogP contribution in [0.3, 0.4) is 0 Å². The molecule has 0 saturated heterocycles. The Balaban J connectivity index is 2.08. The second-order valence-electron chi connectivity index (χ2n) is 6.07. The third-order valence-electron chi connectivity index (χ3n) is 4.15. The SMILES string of the molecule is CCN(CC)S(=O)(=O)c1ccc(N(C)CC(=O)Nc2ccc(F)c(F)c2F)nc1. The van der Waals surface area contributed by atoms with Crippen LogP contribution in [0.5, 0.6) is 0 Å². The van der Waals surface area contributed by atoms with Crippen molar-refractivity contribution in [2.24, 2.45) is 0 Å². The summed E-state index contributed by atoms with van der Waals surface area (Å²) >= 11 is 0. The second-order valence-corrected chi connectivity index (χ2v) is 8.01. The first-order valence-electron chi connectivity index (χ1n) is 8.72. The number of amides is 1. The largest absolute Gasteiger partial charge is 0.350 e. The van der Waals surface area contributed by atoms with Crippen molar-refractivity contribution >= 4 is 27.4 Å². The van der Waals surface area contributed by atoms with Crippen LogP contribution in [0.25, 0.3) is 0 Å². The number of sulfonamides is 1. The minimum absolute atomic E-state index is 0.0201. The van der Waals surface area contributed by atoms with Crippen LogP contribution in [0.2, 0.25) is 0 Å². The van der Waals surface area contributed by atoms with Crippen molar-refractivity contribution in [1.82, 2.24) is 9.29 Å². The number of carbonyl (C=O) groups is 1. The van der Waals surface area contributed by atoms with Gasteiger partial charge >= 0.3 is 0 Å². The molecule has 1 aromatic carbocycles. The van der Waals surface area contributed by atoms with E-state index in [1.54, 1.807) is 13.8 Å². The van der Waals surface area contributed by atoms with E-state index in [0.29, 0.717) is 25.0 Å². The molecule has 1 aromatic heterocycles. The van der Waals surface area contributed by atoms with Gasteiger partial charge in [-0.05, 0) is 24.3 Å². The lowest BCUT2D eigenvalue weighted by molar-refractivity contribution is -0.115. The predicted molar refractivity (Wildman–Crippen MR) is 103 cm³/mol. The Morgan fingerprint density at radius 3 is 2.28 bits per heavy atom. The number of anilines is 2. The van der Waals surface area contributed by atoms with Crippen LogP contribution < -0.4 is 10.2 Å². The number of hydrogen-bond acceptors (Lipinski definition) is 5. The van der Waals surface area contributed by atoms with Gasteiger partial charge in [-0.2, -0.15) is 4.31 Å². The van der Waals surface area contributed by atoms with Crippen molar-refractivity contribution in [3.05, 3.63) is 47.9 Å². The molecule has 0 saturated carbocycles. The average molecular weight is 430 g/mol. The standard InChI is InChI=1S/C18H21F3N4O3S/c1-4-25(5-2)29(27,28)12-6-9-15(22-10-12)24(3)11-16(26)23-14-8-7-13(19)17(20)18(14)21/h6-10H,4-5,11H2,1-3H3,(H,23,26). The summed E-state index contributed by atoms with van der Waals surface area (Å²) in [6, 6.07) is 4.42. The highest BCUT2D eigenvalue weighted by Crippen LogP contribution is 2.20. The molecule has 29 heavy (non-hydrogen) atoms. The molecule has 11 heteroatoms. The van der Waals surface area contributed by atoms with Gasteiger partial charge in [-0.3, -0.25) is 4.79 Å². The molecule has 0 atom stereocenters. The number of rotatable bonds is 8. The number of likely N-dealkylation sites (N-methyl/N-ethyl adjacent to an activating group) is 1. The average Bonchev–Trinajstić information content (AvgIpc) is 2.69. The first-order valence-corrected chi connectivity index (χ1v) is 10.2. The van der Waals surface area contributed by atoms with Gasteiger partial charge in [0.25, 0.3) is 0 Å². The third kappa shape index (κ3) is 5.04. The highest BCUT2D eigenvalue weighted by Gasteiger charge is 2.22. The number of pyridine rings is 1. The molecule has 0 aliphatic heterocycles. The highest BCUT2D eigenvalue weighted by atomic mass is 32.2. The predicted octanol–water partition coefficient (Wildman–Crippen LogP) is 2.60. The maximum atomic E-state index is 13.6. The zero-order chi connectivity index (χ0) is 21.8. The number of aromatic nitrogens is 1. The Hall–Kier alpha value is -2.66. The van der Waals surface area contributed by atoms with Crippen LogP contribution in [-0.4, -0.2) is 50.3 Å². The normalized spacial score (nSPS) is 11.6. The number of carbonyl (C=O) groups excluding carboxylic acids is 1. The molecule has 1 amide bonds. The van der Waals surface area contributed by atoms with Gasteiger partial charge in [-0.25, -0.2) is 26.6 Å². The van der Waals surface area contributed by atoms with Gasteiger partial charge in [-0.15, -0.1) is 0 Å². The molecule has 0 aliphatic carbocycles. The van der Waals surface area contributed by atoms with E-state index in [2.05, 4.69) is 10.3 Å². The molecule has 0 fully saturated rings. The van der Waals surface area contributed by atoms with Crippen LogP contribution >= 0.6 is 0 Å². The summed E-state index contributed by atoms with van der Waals surface area (Å²) in [7, 11) is -2.14. The van der Waals surface area contributed by atoms with Gasteiger partial charge in [0.15, 0.2) is 17.5 Å². The molecular formula is C18H21F3N4O3S. The van der Waals surface area contributed by atoms with Crippen molar-refractivity contribution in [2.45, 2.75) is 18.7 Å². The summed E-state index contributed by atoms with van der Waals surface area (Å²) in [6.07, 6.45) is 1.19. The van der Waals surface area contributed by atoms with Gasteiger partial charge in [0.1, 0.15) is 10.7 Å². The lowest BCUT2D eigenvalue weighted by atomic mass is 10.2. The van der Waals surface area contributed by atoms with E-state index < -0.39 is 39.1 Å². The number of benzene rings is 1. The van der Waals surface area contributed by atoms with E-state index >= 15 is 0 Å². The van der Waals surface area contributed by atoms with Crippen LogP contribution in [0.4, 0.5) is 24.7 Å². The molecule has 0 spiro atoms. The van der Waals surface area contributed by atoms with E-state index in [0.717, 1.165) is 6.07 Å². The molecule has 0 radical (unpaired) electrons. The van der Waals surface area contributed by atoms with Gasteiger partial charge in [0.2, 0.25) is 15.9 Å². The molecule has 0 bridgehead atoms. The summed E-state index contributed by atoms with van der Waals surface area (Å²) in [5.74, 6) is -4.93. The summed E-state index contributed by atoms with van der Waals surface area (Å²) in [4.78, 5) is 17.5. The molecule has 2 aromatic rings. The molecule has 7 nitrogen and oxygen atoms in total. The maximum Gasteiger partial charge on any atom is 0.244 e. The van der Waals surface area contributed by atoms with Crippen molar-refractivity contribution in [3.63, 3.8) is 0 Å². The third-order valence-corrected chi connectivity index (χ3v) is 6.18. The summed E-state index contributed by atoms with van der Waals surface area (Å²) in [6.45, 7) is 3.81. The lowest BCUT2D eigenvalue weighted by Crippen LogP contribution is -2.32. The van der Waals surface area contributed by atoms with Crippen LogP contribution in [0, 0.1) is 17.5 Å². The van der Waals surface area contributed by atoms with Crippen LogP contribution in [0.1, 0.15) is 13.8 Å². The fourth-order valence-corrected chi connectivity index (χ4v) is 3.98. The zero-order valence-electron chi connectivity index (χ0n) is 16.1. The Labute approximate surface area is 167 Å². The van der Waals surface area contributed by atoms with Crippen molar-refractivity contribution in [1.29, 1.82) is 0 Å². The molecule has 1 heterocycles. The Morgan fingerprint density at radius 1 is 1.07 bits per heavy atom. The van der Waals surface area contributed by atoms with Crippen molar-refractivity contribution in [2.75, 3.05) is 36.9 Å². The number of halogens is 3. The van der Waals surface area contributed by atoms with Gasteiger partial charge < -0.3 is 10.2 Å². The number of hydrogen-bond donors (Lipinski definition) is 1. The quantitative estimate of drug-likeness (QED) is 0.651. The topological polar surface area (TPSA) is 82.6 Å². The molecule has 2 rings (SSSR count). The number of nitrogens with one attached hydrogen (secondary N) is 1. The zero-order valence-corrected chi connectivity index (χ0v) is 16.9. The Morgan fingerprint density at radius 2 is 1.72 bits per heavy atom. The van der Waals surface area contributed by atoms with Gasteiger partial charge in [0, 0.05) is 26.3 Å². The van der Waals surface area contributed by atoms with E-state index in [-0.39, 0.29) is 11.4 Å². The molecular weight excluding hydrogens is 409 g/mol. The fraction of sp³-hybridized carbons (Fsp3) is 0.333. The lowest BCUT2D eigenvalue weighted by Gasteiger charge is -2.20. The Kier molecular flexibility index (Phi) is 7.20. The number of nitrogens with zero attached hydrogens (tertiary/aromatic N) is 3. The van der Waals surface area contributed by atoms with Crippen LogP contribution in [0.15, 0.2) is 35.4 Å². The first kappa shape index (κ1) is 22.6. The van der Waals surface area contributed by atoms with Crippen LogP contribution in [-0.2, 0) is 14.8 Å². The van der Waals surface area contributed by atoms with E-state index in [1.165, 1.54) is 34.6 Å². The summed E-state index contributed by atoms with van der Waals surface area (Å²) < 4.78 is 66.0. The van der Waals surface area contributed by atoms with E-state index in [9.17, 15) is 26.4 Å². The van der Waals surface area contributed by atoms with Gasteiger partial charge in [-0.1, -0.05) is 13.8 Å². The molecule has 0 unspecified atom stereocenters. The molecule has 158 valence electrons. The first-order chi connectivity index (χ1) is 13.6. The van der Waals surface area contributed by atoms with Crippen molar-refractivity contribution < 1.29 is 26.4 Å². The van der Waals surface area contributed by atoms with E-state index in [4.69, 9.17) is 0 Å². The van der Waals surface area contributed by atoms with E-state index in [1.807, 2.05) is 0 Å². The highest BCUT2D eigenvalue weighted by molar-refractivity contribution is 7.89. The monoisotopic (exact) mass is 430 g/mol. The second kappa shape index (κ2) is 9.23. The minimum atomic E-state index is -3.65. The molecule has 1 N–H and O–H groups in total. The fourth-order valence-electron chi connectivity index (χ4n) is 2.57. The van der Waals surface area contributed by atoms with Gasteiger partial charge in [0.05, 0.1) is 12.2 Å². The Bertz CT molecular complexity index is 981. The maximum absolute atomic E-state index is 13.6. The summed E-state index contributed by atoms with van der Waals surface area (Å²) in [5, 5.41) is 2.15. The van der Waals surface area contributed by atoms with Crippen molar-refractivity contribution in [3.8, 4) is 0 Å². The minimum Gasteiger partial charge on any atom is -0.350 e.